The fraction of sp³-hybridized carbons (Fsp3) is 0.400. The molecule has 0 aliphatic carbocycles. The van der Waals surface area contributed by atoms with Crippen molar-refractivity contribution < 1.29 is 9.16 Å². The lowest BCUT2D eigenvalue weighted by Crippen LogP contribution is -2.15. The predicted octanol–water partition coefficient (Wildman–Crippen LogP) is 6.96. The highest BCUT2D eigenvalue weighted by Gasteiger charge is 2.25. The third-order valence-corrected chi connectivity index (χ3v) is 5.53. The Labute approximate surface area is 176 Å². The van der Waals surface area contributed by atoms with E-state index < -0.39 is 9.04 Å². The average Bonchev–Trinajstić information content (AvgIpc) is 2.73. The number of hydrogen-bond acceptors (Lipinski definition) is 3. The maximum absolute atomic E-state index is 6.37. The van der Waals surface area contributed by atoms with Crippen LogP contribution in [0.25, 0.3) is 10.9 Å². The topological polar surface area (TPSA) is 31.4 Å². The Bertz CT molecular complexity index is 896. The maximum atomic E-state index is 6.37. The van der Waals surface area contributed by atoms with Crippen LogP contribution in [0.2, 0.25) is 13.1 Å². The number of pyridine rings is 1. The second-order valence-electron chi connectivity index (χ2n) is 7.68. The van der Waals surface area contributed by atoms with Crippen LogP contribution in [0, 0.1) is 0 Å². The van der Waals surface area contributed by atoms with Crippen molar-refractivity contribution in [2.24, 2.45) is 0 Å². The molecule has 152 valence electrons. The summed E-state index contributed by atoms with van der Waals surface area (Å²) in [6, 6.07) is 18.5. The number of aromatic nitrogens is 1. The summed E-state index contributed by atoms with van der Waals surface area (Å²) >= 11 is 0. The molecule has 0 unspecified atom stereocenters. The summed E-state index contributed by atoms with van der Waals surface area (Å²) in [6.45, 7) is 7.09. The van der Waals surface area contributed by atoms with Crippen LogP contribution in [0.3, 0.4) is 0 Å². The summed E-state index contributed by atoms with van der Waals surface area (Å²) in [5, 5.41) is 1.02. The van der Waals surface area contributed by atoms with Gasteiger partial charge in [-0.3, -0.25) is 0 Å². The number of nitrogens with zero attached hydrogens (tertiary/aromatic N) is 1. The monoisotopic (exact) mass is 406 g/mol. The number of hydrogen-bond donors (Lipinski definition) is 0. The van der Waals surface area contributed by atoms with Crippen LogP contribution in [0.1, 0.15) is 50.3 Å². The van der Waals surface area contributed by atoms with Gasteiger partial charge in [0.15, 0.2) is 5.75 Å². The molecule has 0 saturated heterocycles. The minimum Gasteiger partial charge on any atom is -0.484 e. The molecule has 3 rings (SSSR count). The third kappa shape index (κ3) is 6.07. The van der Waals surface area contributed by atoms with Crippen LogP contribution >= 0.6 is 0 Å². The maximum Gasteiger partial charge on any atom is 0.535 e. The molecule has 3 nitrogen and oxygen atoms in total. The molecule has 29 heavy (non-hydrogen) atoms. The highest BCUT2D eigenvalue weighted by atomic mass is 28.3. The SMILES string of the molecule is CCCCCCCc1nc2ccccc2c(OCc2ccccc2)c1O[Si+](C)C. The summed E-state index contributed by atoms with van der Waals surface area (Å²) in [6.07, 6.45) is 7.15. The molecule has 0 N–H and O–H groups in total. The molecule has 3 aromatic rings. The molecule has 0 amide bonds. The zero-order valence-electron chi connectivity index (χ0n) is 17.9. The molecular weight excluding hydrogens is 374 g/mol. The van der Waals surface area contributed by atoms with E-state index in [4.69, 9.17) is 14.1 Å². The fourth-order valence-corrected chi connectivity index (χ4v) is 4.08. The number of ether oxygens (including phenoxy) is 1. The molecule has 2 aromatic carbocycles. The zero-order chi connectivity index (χ0) is 20.5. The number of para-hydroxylation sites is 1. The second kappa shape index (κ2) is 11.0. The van der Waals surface area contributed by atoms with Gasteiger partial charge in [0.05, 0.1) is 24.3 Å². The summed E-state index contributed by atoms with van der Waals surface area (Å²) in [5.74, 6) is 1.70. The van der Waals surface area contributed by atoms with Gasteiger partial charge < -0.3 is 9.16 Å². The normalized spacial score (nSPS) is 10.9. The number of aryl methyl sites for hydroxylation is 1. The van der Waals surface area contributed by atoms with Crippen LogP contribution in [-0.4, -0.2) is 14.0 Å². The Morgan fingerprint density at radius 2 is 1.55 bits per heavy atom. The summed E-state index contributed by atoms with van der Waals surface area (Å²) in [5.41, 5.74) is 3.17. The molecule has 0 aliphatic heterocycles. The first-order valence-corrected chi connectivity index (χ1v) is 13.2. The molecule has 1 aromatic heterocycles. The molecule has 0 atom stereocenters. The highest BCUT2D eigenvalue weighted by Crippen LogP contribution is 2.39. The number of unbranched alkanes of at least 4 members (excludes halogenated alkanes) is 4. The van der Waals surface area contributed by atoms with Crippen molar-refractivity contribution in [3.63, 3.8) is 0 Å². The van der Waals surface area contributed by atoms with E-state index in [-0.39, 0.29) is 0 Å². The Balaban J connectivity index is 1.93. The average molecular weight is 407 g/mol. The first-order valence-electron chi connectivity index (χ1n) is 10.8. The first-order chi connectivity index (χ1) is 14.2. The van der Waals surface area contributed by atoms with Crippen molar-refractivity contribution in [1.82, 2.24) is 4.98 Å². The molecule has 0 spiro atoms. The molecule has 0 fully saturated rings. The summed E-state index contributed by atoms with van der Waals surface area (Å²) in [4.78, 5) is 4.97. The Hall–Kier alpha value is -2.33. The van der Waals surface area contributed by atoms with Gasteiger partial charge in [0, 0.05) is 5.39 Å². The van der Waals surface area contributed by atoms with Crippen LogP contribution in [0.5, 0.6) is 11.5 Å². The molecule has 4 heteroatoms. The Morgan fingerprint density at radius 3 is 2.31 bits per heavy atom. The smallest absolute Gasteiger partial charge is 0.484 e. The van der Waals surface area contributed by atoms with E-state index in [1.807, 2.05) is 30.3 Å². The quantitative estimate of drug-likeness (QED) is 0.255. The number of fused-ring (bicyclic) bond motifs is 1. The molecule has 0 bridgehead atoms. The van der Waals surface area contributed by atoms with Gasteiger partial charge in [0.2, 0.25) is 5.75 Å². The minimum absolute atomic E-state index is 0.524. The van der Waals surface area contributed by atoms with Gasteiger partial charge in [0.1, 0.15) is 6.61 Å². The van der Waals surface area contributed by atoms with Crippen LogP contribution < -0.4 is 9.16 Å². The number of rotatable bonds is 11. The molecule has 0 saturated carbocycles. The largest absolute Gasteiger partial charge is 0.535 e. The minimum atomic E-state index is -0.939. The zero-order valence-corrected chi connectivity index (χ0v) is 18.9. The van der Waals surface area contributed by atoms with E-state index in [1.54, 1.807) is 0 Å². The van der Waals surface area contributed by atoms with Crippen molar-refractivity contribution >= 4 is 19.9 Å². The van der Waals surface area contributed by atoms with Crippen LogP contribution in [0.4, 0.5) is 0 Å². The van der Waals surface area contributed by atoms with Gasteiger partial charge in [-0.05, 0) is 30.5 Å². The van der Waals surface area contributed by atoms with Gasteiger partial charge in [-0.15, -0.1) is 0 Å². The van der Waals surface area contributed by atoms with Gasteiger partial charge >= 0.3 is 9.04 Å². The van der Waals surface area contributed by atoms with E-state index in [0.29, 0.717) is 6.61 Å². The third-order valence-electron chi connectivity index (χ3n) is 4.92. The van der Waals surface area contributed by atoms with Gasteiger partial charge in [-0.1, -0.05) is 75.1 Å². The van der Waals surface area contributed by atoms with Crippen molar-refractivity contribution in [2.45, 2.75) is 65.1 Å². The van der Waals surface area contributed by atoms with E-state index in [1.165, 1.54) is 25.7 Å². The van der Waals surface area contributed by atoms with E-state index in [2.05, 4.69) is 44.3 Å². The fourth-order valence-electron chi connectivity index (χ4n) is 3.46. The van der Waals surface area contributed by atoms with Crippen molar-refractivity contribution in [1.29, 1.82) is 0 Å². The van der Waals surface area contributed by atoms with Gasteiger partial charge in [-0.25, -0.2) is 4.98 Å². The highest BCUT2D eigenvalue weighted by molar-refractivity contribution is 6.49. The summed E-state index contributed by atoms with van der Waals surface area (Å²) in [7, 11) is -0.939. The molecular formula is C25H32NO2Si+. The standard InChI is InChI=1S/C25H32NO2Si/c1-4-5-6-7-11-18-23-25(28-29(2)3)24(21-16-12-13-17-22(21)26-23)27-19-20-14-9-8-10-15-20/h8-10,12-17H,4-7,11,18-19H2,1-3H3/q+1. The van der Waals surface area contributed by atoms with Crippen molar-refractivity contribution in [2.75, 3.05) is 0 Å². The van der Waals surface area contributed by atoms with E-state index in [0.717, 1.165) is 46.5 Å². The van der Waals surface area contributed by atoms with Crippen molar-refractivity contribution in [3.05, 3.63) is 65.9 Å². The Morgan fingerprint density at radius 1 is 0.828 bits per heavy atom. The molecule has 0 aliphatic rings. The van der Waals surface area contributed by atoms with Gasteiger partial charge in [0.25, 0.3) is 0 Å². The number of benzene rings is 2. The van der Waals surface area contributed by atoms with Crippen LogP contribution in [-0.2, 0) is 13.0 Å². The van der Waals surface area contributed by atoms with Crippen LogP contribution in [0.15, 0.2) is 54.6 Å². The second-order valence-corrected chi connectivity index (χ2v) is 9.70. The summed E-state index contributed by atoms with van der Waals surface area (Å²) < 4.78 is 12.7. The first kappa shape index (κ1) is 21.4. The van der Waals surface area contributed by atoms with E-state index >= 15 is 0 Å². The van der Waals surface area contributed by atoms with Gasteiger partial charge in [-0.2, -0.15) is 0 Å². The lowest BCUT2D eigenvalue weighted by atomic mass is 10.1. The Kier molecular flexibility index (Phi) is 8.11. The lowest BCUT2D eigenvalue weighted by molar-refractivity contribution is 0.299. The molecule has 1 heterocycles. The van der Waals surface area contributed by atoms with Crippen molar-refractivity contribution in [3.8, 4) is 11.5 Å². The van der Waals surface area contributed by atoms with E-state index in [9.17, 15) is 0 Å². The lowest BCUT2D eigenvalue weighted by Gasteiger charge is -2.16. The predicted molar refractivity (Wildman–Crippen MR) is 123 cm³/mol. The molecule has 0 radical (unpaired) electrons.